The maximum Gasteiger partial charge on any atom is 0.303 e. The van der Waals surface area contributed by atoms with Crippen molar-refractivity contribution in [1.82, 2.24) is 0 Å². The Morgan fingerprint density at radius 3 is 2.27 bits per heavy atom. The van der Waals surface area contributed by atoms with Crippen molar-refractivity contribution in [2.45, 2.75) is 58.8 Å². The van der Waals surface area contributed by atoms with Gasteiger partial charge in [-0.25, -0.2) is 0 Å². The molecule has 0 bridgehead atoms. The van der Waals surface area contributed by atoms with Gasteiger partial charge in [0.15, 0.2) is 0 Å². The smallest absolute Gasteiger partial charge is 0.303 e. The van der Waals surface area contributed by atoms with Crippen LogP contribution in [0, 0.1) is 5.92 Å². The minimum atomic E-state index is -0.795. The Hall–Kier alpha value is -0.860. The van der Waals surface area contributed by atoms with Crippen LogP contribution >= 0.6 is 0 Å². The number of Topliss-reactive ketones (excluding diaryl/α,β-unsaturated/α-hetero) is 1. The Kier molecular flexibility index (Phi) is 7.96. The number of hydrogen-bond donors (Lipinski definition) is 1. The minimum absolute atomic E-state index is 0.0388. The van der Waals surface area contributed by atoms with Gasteiger partial charge in [-0.15, -0.1) is 0 Å². The molecule has 3 heteroatoms. The fourth-order valence-corrected chi connectivity index (χ4v) is 1.79. The van der Waals surface area contributed by atoms with Gasteiger partial charge in [-0.05, 0) is 19.3 Å². The molecule has 0 aromatic carbocycles. The molecule has 0 fully saturated rings. The van der Waals surface area contributed by atoms with Crippen molar-refractivity contribution in [2.75, 3.05) is 0 Å². The maximum absolute atomic E-state index is 10.9. The van der Waals surface area contributed by atoms with Crippen LogP contribution in [0.2, 0.25) is 0 Å². The summed E-state index contributed by atoms with van der Waals surface area (Å²) in [6.07, 6.45) is 5.97. The van der Waals surface area contributed by atoms with Gasteiger partial charge in [-0.3, -0.25) is 4.79 Å². The topological polar surface area (TPSA) is 54.4 Å². The van der Waals surface area contributed by atoms with Crippen LogP contribution in [0.4, 0.5) is 0 Å². The lowest BCUT2D eigenvalue weighted by molar-refractivity contribution is -0.138. The predicted octanol–water partition coefficient (Wildman–Crippen LogP) is 3.03. The summed E-state index contributed by atoms with van der Waals surface area (Å²) in [5.41, 5.74) is 0. The third-order valence-electron chi connectivity index (χ3n) is 2.51. The van der Waals surface area contributed by atoms with Crippen molar-refractivity contribution in [3.05, 3.63) is 0 Å². The molecule has 0 aliphatic rings. The van der Waals surface area contributed by atoms with E-state index in [1.807, 2.05) is 0 Å². The van der Waals surface area contributed by atoms with Crippen molar-refractivity contribution in [3.63, 3.8) is 0 Å². The average molecular weight is 214 g/mol. The highest BCUT2D eigenvalue weighted by Gasteiger charge is 2.14. The normalized spacial score (nSPS) is 12.4. The molecule has 0 aliphatic carbocycles. The summed E-state index contributed by atoms with van der Waals surface area (Å²) in [4.78, 5) is 21.5. The maximum atomic E-state index is 10.9. The molecule has 1 unspecified atom stereocenters. The number of rotatable bonds is 9. The van der Waals surface area contributed by atoms with E-state index in [-0.39, 0.29) is 18.1 Å². The molecule has 1 atom stereocenters. The third-order valence-corrected chi connectivity index (χ3v) is 2.51. The summed E-state index contributed by atoms with van der Waals surface area (Å²) >= 11 is 0. The number of ketones is 1. The highest BCUT2D eigenvalue weighted by atomic mass is 16.4. The number of carboxylic acid groups (broad SMARTS) is 1. The molecule has 0 aromatic rings. The second-order valence-corrected chi connectivity index (χ2v) is 4.22. The van der Waals surface area contributed by atoms with Crippen LogP contribution in [0.5, 0.6) is 0 Å². The monoisotopic (exact) mass is 214 g/mol. The zero-order valence-electron chi connectivity index (χ0n) is 9.79. The summed E-state index contributed by atoms with van der Waals surface area (Å²) in [5.74, 6) is -0.662. The van der Waals surface area contributed by atoms with Gasteiger partial charge >= 0.3 is 5.97 Å². The van der Waals surface area contributed by atoms with Crippen LogP contribution in [0.3, 0.4) is 0 Å². The average Bonchev–Trinajstić information content (AvgIpc) is 2.10. The van der Waals surface area contributed by atoms with Gasteiger partial charge in [-0.2, -0.15) is 0 Å². The molecule has 3 nitrogen and oxygen atoms in total. The molecule has 0 heterocycles. The van der Waals surface area contributed by atoms with E-state index in [9.17, 15) is 9.59 Å². The number of hydrogen-bond acceptors (Lipinski definition) is 2. The Balaban J connectivity index is 3.79. The first-order valence-electron chi connectivity index (χ1n) is 5.77. The minimum Gasteiger partial charge on any atom is -0.481 e. The lowest BCUT2D eigenvalue weighted by atomic mass is 9.93. The van der Waals surface area contributed by atoms with Crippen molar-refractivity contribution in [2.24, 2.45) is 5.92 Å². The van der Waals surface area contributed by atoms with Crippen LogP contribution in [0.1, 0.15) is 58.8 Å². The fraction of sp³-hybridized carbons (Fsp3) is 0.833. The van der Waals surface area contributed by atoms with Gasteiger partial charge in [0.1, 0.15) is 5.78 Å². The zero-order chi connectivity index (χ0) is 11.7. The van der Waals surface area contributed by atoms with Crippen LogP contribution in [0.15, 0.2) is 0 Å². The van der Waals surface area contributed by atoms with E-state index in [0.717, 1.165) is 19.3 Å². The molecule has 1 N–H and O–H groups in total. The highest BCUT2D eigenvalue weighted by molar-refractivity contribution is 5.76. The summed E-state index contributed by atoms with van der Waals surface area (Å²) in [7, 11) is 0. The molecule has 0 aromatic heterocycles. The third kappa shape index (κ3) is 9.44. The van der Waals surface area contributed by atoms with Gasteiger partial charge < -0.3 is 9.90 Å². The molecule has 0 amide bonds. The number of unbranched alkanes of at least 4 members (excludes halogenated alkanes) is 3. The Morgan fingerprint density at radius 2 is 1.80 bits per heavy atom. The van der Waals surface area contributed by atoms with Gasteiger partial charge in [0.05, 0.1) is 0 Å². The summed E-state index contributed by atoms with van der Waals surface area (Å²) in [6.45, 7) is 3.67. The van der Waals surface area contributed by atoms with Crippen LogP contribution < -0.4 is 0 Å². The van der Waals surface area contributed by atoms with Crippen LogP contribution in [0.25, 0.3) is 0 Å². The Bertz CT molecular complexity index is 183. The van der Waals surface area contributed by atoms with Gasteiger partial charge in [0.2, 0.25) is 0 Å². The Morgan fingerprint density at radius 1 is 1.13 bits per heavy atom. The highest BCUT2D eigenvalue weighted by Crippen LogP contribution is 2.18. The molecule has 0 aliphatic heterocycles. The van der Waals surface area contributed by atoms with Crippen molar-refractivity contribution >= 4 is 11.8 Å². The quantitative estimate of drug-likeness (QED) is 0.600. The van der Waals surface area contributed by atoms with Gasteiger partial charge in [0, 0.05) is 12.8 Å². The van der Waals surface area contributed by atoms with E-state index in [1.165, 1.54) is 19.8 Å². The van der Waals surface area contributed by atoms with E-state index in [2.05, 4.69) is 6.92 Å². The molecular weight excluding hydrogens is 192 g/mol. The van der Waals surface area contributed by atoms with E-state index >= 15 is 0 Å². The summed E-state index contributed by atoms with van der Waals surface area (Å²) in [6, 6.07) is 0. The lowest BCUT2D eigenvalue weighted by Gasteiger charge is -2.12. The van der Waals surface area contributed by atoms with Crippen LogP contribution in [-0.4, -0.2) is 16.9 Å². The van der Waals surface area contributed by atoms with Gasteiger partial charge in [0.25, 0.3) is 0 Å². The van der Waals surface area contributed by atoms with Gasteiger partial charge in [-0.1, -0.05) is 32.6 Å². The molecule has 0 rings (SSSR count). The molecule has 15 heavy (non-hydrogen) atoms. The first-order valence-corrected chi connectivity index (χ1v) is 5.77. The number of aliphatic carboxylic acids is 1. The van der Waals surface area contributed by atoms with E-state index < -0.39 is 5.97 Å². The largest absolute Gasteiger partial charge is 0.481 e. The lowest BCUT2D eigenvalue weighted by Crippen LogP contribution is -2.11. The predicted molar refractivity (Wildman–Crippen MR) is 59.8 cm³/mol. The second kappa shape index (κ2) is 8.45. The van der Waals surface area contributed by atoms with Crippen molar-refractivity contribution in [1.29, 1.82) is 0 Å². The van der Waals surface area contributed by atoms with Crippen molar-refractivity contribution in [3.8, 4) is 0 Å². The first-order chi connectivity index (χ1) is 7.06. The second-order valence-electron chi connectivity index (χ2n) is 4.22. The van der Waals surface area contributed by atoms with E-state index in [1.54, 1.807) is 0 Å². The summed E-state index contributed by atoms with van der Waals surface area (Å²) in [5, 5.41) is 8.69. The molecule has 88 valence electrons. The number of carbonyl (C=O) groups is 2. The SMILES string of the molecule is CCCCCCC(CC(C)=O)CC(=O)O. The molecule has 0 spiro atoms. The standard InChI is InChI=1S/C12H22O3/c1-3-4-5-6-7-11(8-10(2)13)9-12(14)15/h11H,3-9H2,1-2H3,(H,14,15). The zero-order valence-corrected chi connectivity index (χ0v) is 9.79. The fourth-order valence-electron chi connectivity index (χ4n) is 1.79. The Labute approximate surface area is 91.9 Å². The summed E-state index contributed by atoms with van der Waals surface area (Å²) < 4.78 is 0. The van der Waals surface area contributed by atoms with Crippen LogP contribution in [-0.2, 0) is 9.59 Å². The number of carbonyl (C=O) groups excluding carboxylic acids is 1. The van der Waals surface area contributed by atoms with E-state index in [4.69, 9.17) is 5.11 Å². The first kappa shape index (κ1) is 14.1. The number of carboxylic acids is 1. The molecule has 0 saturated heterocycles. The molecular formula is C12H22O3. The van der Waals surface area contributed by atoms with E-state index in [0.29, 0.717) is 6.42 Å². The molecule has 0 radical (unpaired) electrons. The van der Waals surface area contributed by atoms with Crippen molar-refractivity contribution < 1.29 is 14.7 Å². The molecule has 0 saturated carbocycles.